The highest BCUT2D eigenvalue weighted by Gasteiger charge is 2.54. The van der Waals surface area contributed by atoms with Crippen molar-refractivity contribution in [3.63, 3.8) is 0 Å². The molecule has 0 aromatic carbocycles. The highest BCUT2D eigenvalue weighted by molar-refractivity contribution is 8.00. The van der Waals surface area contributed by atoms with Gasteiger partial charge in [-0.25, -0.2) is 9.78 Å². The van der Waals surface area contributed by atoms with E-state index in [2.05, 4.69) is 20.8 Å². The second-order valence-electron chi connectivity index (χ2n) is 5.67. The molecule has 3 rings (SSSR count). The van der Waals surface area contributed by atoms with E-state index in [0.29, 0.717) is 6.41 Å². The molecule has 3 amide bonds. The van der Waals surface area contributed by atoms with Crippen LogP contribution in [0.5, 0.6) is 0 Å². The van der Waals surface area contributed by atoms with E-state index in [4.69, 9.17) is 4.84 Å². The van der Waals surface area contributed by atoms with Gasteiger partial charge in [0.25, 0.3) is 11.8 Å². The number of carbonyl (C=O) groups is 4. The number of anilines is 1. The molecule has 28 heavy (non-hydrogen) atoms. The predicted octanol–water partition coefficient (Wildman–Crippen LogP) is -0.181. The minimum absolute atomic E-state index is 0.0957. The number of rotatable bonds is 7. The molecule has 2 unspecified atom stereocenters. The Labute approximate surface area is 166 Å². The highest BCUT2D eigenvalue weighted by atomic mass is 32.2. The second-order valence-corrected chi connectivity index (χ2v) is 8.03. The Kier molecular flexibility index (Phi) is 5.65. The Morgan fingerprint density at radius 3 is 2.86 bits per heavy atom. The Balaban J connectivity index is 1.77. The summed E-state index contributed by atoms with van der Waals surface area (Å²) >= 11 is 2.44. The Morgan fingerprint density at radius 1 is 1.46 bits per heavy atom. The summed E-state index contributed by atoms with van der Waals surface area (Å²) < 4.78 is 0. The minimum atomic E-state index is -1.20. The normalized spacial score (nSPS) is 23.9. The molecule has 11 nitrogen and oxygen atoms in total. The van der Waals surface area contributed by atoms with Crippen molar-refractivity contribution in [2.45, 2.75) is 23.6 Å². The van der Waals surface area contributed by atoms with Crippen molar-refractivity contribution >= 4 is 58.1 Å². The van der Waals surface area contributed by atoms with Gasteiger partial charge < -0.3 is 20.6 Å². The molecule has 3 heterocycles. The van der Waals surface area contributed by atoms with Crippen LogP contribution in [0.15, 0.2) is 22.3 Å². The van der Waals surface area contributed by atoms with Gasteiger partial charge in [-0.05, 0) is 13.0 Å². The molecule has 13 heteroatoms. The maximum Gasteiger partial charge on any atom is 0.352 e. The molecule has 0 aliphatic carbocycles. The number of carboxylic acids is 1. The van der Waals surface area contributed by atoms with E-state index in [9.17, 15) is 24.3 Å². The lowest BCUT2D eigenvalue weighted by atomic mass is 10.0. The van der Waals surface area contributed by atoms with Crippen LogP contribution in [0.25, 0.3) is 0 Å². The first-order valence-electron chi connectivity index (χ1n) is 7.89. The number of fused-ring (bicyclic) bond motifs is 1. The minimum Gasteiger partial charge on any atom is -0.477 e. The maximum atomic E-state index is 12.7. The molecular formula is C15H15N5O6S2. The monoisotopic (exact) mass is 425 g/mol. The van der Waals surface area contributed by atoms with Gasteiger partial charge >= 0.3 is 5.97 Å². The zero-order valence-electron chi connectivity index (χ0n) is 14.6. The van der Waals surface area contributed by atoms with Crippen molar-refractivity contribution < 1.29 is 29.1 Å². The van der Waals surface area contributed by atoms with Gasteiger partial charge in [0.15, 0.2) is 10.8 Å². The zero-order valence-corrected chi connectivity index (χ0v) is 16.2. The summed E-state index contributed by atoms with van der Waals surface area (Å²) in [5.41, 5.74) is -0.110. The van der Waals surface area contributed by atoms with Crippen LogP contribution in [0.4, 0.5) is 5.13 Å². The van der Waals surface area contributed by atoms with E-state index < -0.39 is 29.2 Å². The topological polar surface area (TPSA) is 150 Å². The van der Waals surface area contributed by atoms with Crippen LogP contribution in [-0.4, -0.2) is 68.7 Å². The summed E-state index contributed by atoms with van der Waals surface area (Å²) in [4.78, 5) is 56.9. The molecule has 3 N–H and O–H groups in total. The third kappa shape index (κ3) is 3.57. The maximum absolute atomic E-state index is 12.7. The van der Waals surface area contributed by atoms with E-state index in [1.54, 1.807) is 6.92 Å². The first-order chi connectivity index (χ1) is 13.4. The summed E-state index contributed by atoms with van der Waals surface area (Å²) in [7, 11) is 1.25. The standard InChI is InChI=1S/C15H15N5O6S2/c1-6-3-8(14(24)25)20-12(23)10(13(20)28-6)18-11(22)9(19-26-2)7-4-27-15(17-7)16-5-21/h3-6,10,13H,1-2H3,(H,18,22)(H,24,25)(H,16,17,21)/t6?,10?,13-/m1/s1. The number of carbonyl (C=O) groups excluding carboxylic acids is 3. The number of nitrogens with zero attached hydrogens (tertiary/aromatic N) is 3. The number of aliphatic carboxylic acids is 1. The van der Waals surface area contributed by atoms with Crippen molar-refractivity contribution in [2.75, 3.05) is 12.4 Å². The smallest absolute Gasteiger partial charge is 0.352 e. The van der Waals surface area contributed by atoms with E-state index in [0.717, 1.165) is 16.2 Å². The molecule has 0 bridgehead atoms. The molecule has 1 aromatic rings. The number of carboxylic acid groups (broad SMARTS) is 1. The number of thioether (sulfide) groups is 1. The van der Waals surface area contributed by atoms with Crippen molar-refractivity contribution in [3.05, 3.63) is 22.8 Å². The van der Waals surface area contributed by atoms with Gasteiger partial charge in [-0.3, -0.25) is 19.3 Å². The number of hydrogen-bond acceptors (Lipinski definition) is 9. The Bertz CT molecular complexity index is 897. The number of oxime groups is 1. The molecule has 2 aliphatic rings. The van der Waals surface area contributed by atoms with Gasteiger partial charge in [-0.2, -0.15) is 0 Å². The quantitative estimate of drug-likeness (QED) is 0.236. The summed E-state index contributed by atoms with van der Waals surface area (Å²) in [5, 5.41) is 19.0. The summed E-state index contributed by atoms with van der Waals surface area (Å²) in [6.07, 6.45) is 1.94. The molecule has 3 atom stereocenters. The number of aromatic nitrogens is 1. The molecule has 1 aromatic heterocycles. The SMILES string of the molecule is CON=C(C(=O)NC1C(=O)N2C(C(=O)O)=CC(C)S[C@H]12)c1csc(NC=O)n1. The molecule has 2 aliphatic heterocycles. The third-order valence-electron chi connectivity index (χ3n) is 3.88. The highest BCUT2D eigenvalue weighted by Crippen LogP contribution is 2.40. The van der Waals surface area contributed by atoms with Crippen LogP contribution in [0.1, 0.15) is 12.6 Å². The summed E-state index contributed by atoms with van der Waals surface area (Å²) in [5.74, 6) is -2.43. The summed E-state index contributed by atoms with van der Waals surface area (Å²) in [6.45, 7) is 1.81. The van der Waals surface area contributed by atoms with Gasteiger partial charge in [-0.15, -0.1) is 23.1 Å². The fourth-order valence-corrected chi connectivity index (χ4v) is 4.72. The molecule has 148 valence electrons. The number of β-lactam (4-membered cyclic amide) rings is 1. The molecular weight excluding hydrogens is 410 g/mol. The van der Waals surface area contributed by atoms with E-state index in [-0.39, 0.29) is 27.5 Å². The number of amides is 3. The molecule has 0 spiro atoms. The van der Waals surface area contributed by atoms with Crippen LogP contribution in [0.3, 0.4) is 0 Å². The van der Waals surface area contributed by atoms with Crippen molar-refractivity contribution in [1.29, 1.82) is 0 Å². The van der Waals surface area contributed by atoms with Gasteiger partial charge in [0.05, 0.1) is 0 Å². The molecule has 1 saturated heterocycles. The van der Waals surface area contributed by atoms with Crippen LogP contribution < -0.4 is 10.6 Å². The number of nitrogens with one attached hydrogen (secondary N) is 2. The number of thiazole rings is 1. The second kappa shape index (κ2) is 7.98. The molecule has 1 fully saturated rings. The van der Waals surface area contributed by atoms with Crippen LogP contribution in [0.2, 0.25) is 0 Å². The first kappa shape index (κ1) is 19.8. The van der Waals surface area contributed by atoms with Crippen LogP contribution in [0, 0.1) is 0 Å². The largest absolute Gasteiger partial charge is 0.477 e. The van der Waals surface area contributed by atoms with Gasteiger partial charge in [0.2, 0.25) is 6.41 Å². The van der Waals surface area contributed by atoms with E-state index in [1.165, 1.54) is 30.3 Å². The van der Waals surface area contributed by atoms with Gasteiger partial charge in [0.1, 0.15) is 29.9 Å². The molecule has 0 saturated carbocycles. The van der Waals surface area contributed by atoms with E-state index in [1.807, 2.05) is 0 Å². The van der Waals surface area contributed by atoms with Crippen LogP contribution in [-0.2, 0) is 24.0 Å². The van der Waals surface area contributed by atoms with E-state index >= 15 is 0 Å². The summed E-state index contributed by atoms with van der Waals surface area (Å²) in [6, 6.07) is -0.906. The zero-order chi connectivity index (χ0) is 20.4. The van der Waals surface area contributed by atoms with Crippen molar-refractivity contribution in [1.82, 2.24) is 15.2 Å². The van der Waals surface area contributed by atoms with Crippen molar-refractivity contribution in [2.24, 2.45) is 5.16 Å². The lowest BCUT2D eigenvalue weighted by Crippen LogP contribution is -2.71. The Morgan fingerprint density at radius 2 is 2.21 bits per heavy atom. The molecule has 0 radical (unpaired) electrons. The van der Waals surface area contributed by atoms with Gasteiger partial charge in [0, 0.05) is 10.6 Å². The fourth-order valence-electron chi connectivity index (χ4n) is 2.73. The lowest BCUT2D eigenvalue weighted by Gasteiger charge is -2.49. The first-order valence-corrected chi connectivity index (χ1v) is 9.71. The van der Waals surface area contributed by atoms with Crippen molar-refractivity contribution in [3.8, 4) is 0 Å². The lowest BCUT2D eigenvalue weighted by molar-refractivity contribution is -0.150. The average molecular weight is 425 g/mol. The van der Waals surface area contributed by atoms with Crippen LogP contribution >= 0.6 is 23.1 Å². The average Bonchev–Trinajstić information content (AvgIpc) is 3.11. The fraction of sp³-hybridized carbons (Fsp3) is 0.333. The Hall–Kier alpha value is -2.93. The predicted molar refractivity (Wildman–Crippen MR) is 101 cm³/mol. The van der Waals surface area contributed by atoms with Gasteiger partial charge in [-0.1, -0.05) is 5.16 Å². The third-order valence-corrected chi connectivity index (χ3v) is 5.98. The number of hydrogen-bond donors (Lipinski definition) is 3.